The van der Waals surface area contributed by atoms with Gasteiger partial charge in [0.2, 0.25) is 0 Å². The molecule has 0 aromatic heterocycles. The van der Waals surface area contributed by atoms with Gasteiger partial charge in [-0.2, -0.15) is 0 Å². The highest BCUT2D eigenvalue weighted by Crippen LogP contribution is 2.37. The van der Waals surface area contributed by atoms with E-state index in [1.165, 1.54) is 38.5 Å². The van der Waals surface area contributed by atoms with E-state index in [2.05, 4.69) is 4.90 Å². The molecule has 4 N–H and O–H groups in total. The summed E-state index contributed by atoms with van der Waals surface area (Å²) in [6.45, 7) is 13.7. The molecule has 4 rings (SSSR count). The van der Waals surface area contributed by atoms with E-state index in [-0.39, 0.29) is 43.3 Å². The molecule has 10 atom stereocenters. The number of esters is 1. The summed E-state index contributed by atoms with van der Waals surface area (Å²) < 4.78 is 17.7. The van der Waals surface area contributed by atoms with Gasteiger partial charge in [0.1, 0.15) is 11.7 Å². The first-order valence-electron chi connectivity index (χ1n) is 19.5. The molecular weight excluding hydrogens is 652 g/mol. The minimum atomic E-state index is -1.48. The second-order valence-corrected chi connectivity index (χ2v) is 16.2. The molecule has 1 aliphatic carbocycles. The zero-order valence-electron chi connectivity index (χ0n) is 31.9. The van der Waals surface area contributed by atoms with Gasteiger partial charge in [-0.25, -0.2) is 4.79 Å². The van der Waals surface area contributed by atoms with Crippen LogP contribution in [-0.4, -0.2) is 122 Å². The molecule has 3 fully saturated rings. The molecule has 1 amide bonds. The van der Waals surface area contributed by atoms with Crippen molar-refractivity contribution in [2.45, 2.75) is 166 Å². The van der Waals surface area contributed by atoms with Gasteiger partial charge in [0.25, 0.3) is 0 Å². The molecule has 0 unspecified atom stereocenters. The van der Waals surface area contributed by atoms with E-state index in [0.29, 0.717) is 37.5 Å². The Kier molecular flexibility index (Phi) is 15.2. The standard InChI is InChI=1S/C40H66N2O9/c1-7-32(44)29(4)37-33(49-37)26-39(5,47)19-12-13-27(2)36-28(3)16-17-34(40(6,48)20-18-31(43)25-35(45)51-36)50-38(46)42-23-21-41(22-24-42)30-14-10-8-9-11-15-30/h12-13,16-17,19,28-34,36-37,43-44,47-48H,7-11,14-15,18,20-26H2,1-6H3/t28-,29+,31+,32-,33+,34-,36+,37+,39-,40+/m0/s1. The fourth-order valence-corrected chi connectivity index (χ4v) is 7.88. The van der Waals surface area contributed by atoms with E-state index in [1.807, 2.05) is 27.7 Å². The number of aliphatic hydroxyl groups excluding tert-OH is 2. The van der Waals surface area contributed by atoms with Gasteiger partial charge < -0.3 is 39.5 Å². The van der Waals surface area contributed by atoms with Crippen LogP contribution in [0.15, 0.2) is 36.0 Å². The number of epoxide rings is 1. The lowest BCUT2D eigenvalue weighted by Crippen LogP contribution is -2.53. The maximum absolute atomic E-state index is 13.5. The molecule has 1 saturated carbocycles. The lowest BCUT2D eigenvalue weighted by molar-refractivity contribution is -0.151. The number of ether oxygens (including phenoxy) is 3. The number of aliphatic hydroxyl groups is 4. The average Bonchev–Trinajstić information content (AvgIpc) is 3.89. The normalized spacial score (nSPS) is 34.8. The smallest absolute Gasteiger partial charge is 0.410 e. The van der Waals surface area contributed by atoms with Crippen LogP contribution in [0, 0.1) is 11.8 Å². The molecule has 51 heavy (non-hydrogen) atoms. The molecule has 3 heterocycles. The highest BCUT2D eigenvalue weighted by atomic mass is 16.6. The summed E-state index contributed by atoms with van der Waals surface area (Å²) in [6.07, 6.45) is 13.4. The third-order valence-electron chi connectivity index (χ3n) is 11.5. The summed E-state index contributed by atoms with van der Waals surface area (Å²) in [5.41, 5.74) is -1.92. The van der Waals surface area contributed by atoms with Crippen molar-refractivity contribution in [3.05, 3.63) is 36.0 Å². The summed E-state index contributed by atoms with van der Waals surface area (Å²) in [5.74, 6) is -0.935. The predicted octanol–water partition coefficient (Wildman–Crippen LogP) is 5.05. The number of carbonyl (C=O) groups excluding carboxylic acids is 2. The highest BCUT2D eigenvalue weighted by Gasteiger charge is 2.47. The molecule has 0 aromatic rings. The molecule has 0 bridgehead atoms. The van der Waals surface area contributed by atoms with Crippen molar-refractivity contribution in [2.75, 3.05) is 26.2 Å². The van der Waals surface area contributed by atoms with E-state index in [4.69, 9.17) is 14.2 Å². The van der Waals surface area contributed by atoms with Crippen molar-refractivity contribution in [1.29, 1.82) is 0 Å². The van der Waals surface area contributed by atoms with Crippen molar-refractivity contribution >= 4 is 12.1 Å². The summed E-state index contributed by atoms with van der Waals surface area (Å²) in [5, 5.41) is 43.4. The van der Waals surface area contributed by atoms with Gasteiger partial charge in [-0.15, -0.1) is 0 Å². The number of nitrogens with zero attached hydrogens (tertiary/aromatic N) is 2. The minimum absolute atomic E-state index is 0.0102. The van der Waals surface area contributed by atoms with Crippen LogP contribution in [0.25, 0.3) is 0 Å². The van der Waals surface area contributed by atoms with Crippen molar-refractivity contribution in [3.8, 4) is 0 Å². The van der Waals surface area contributed by atoms with E-state index >= 15 is 0 Å². The quantitative estimate of drug-likeness (QED) is 0.0794. The Morgan fingerprint density at radius 2 is 1.80 bits per heavy atom. The molecule has 0 spiro atoms. The number of hydrogen-bond donors (Lipinski definition) is 4. The Morgan fingerprint density at radius 3 is 2.45 bits per heavy atom. The van der Waals surface area contributed by atoms with E-state index in [0.717, 1.165) is 13.1 Å². The van der Waals surface area contributed by atoms with Gasteiger partial charge in [0.05, 0.1) is 36.4 Å². The number of amides is 1. The number of allylic oxidation sites excluding steroid dienone is 2. The Balaban J connectivity index is 1.42. The number of carbonyl (C=O) groups is 2. The summed E-state index contributed by atoms with van der Waals surface area (Å²) in [6, 6.07) is 0.581. The Bertz CT molecular complexity index is 1220. The second kappa shape index (κ2) is 18.7. The molecule has 11 heteroatoms. The summed E-state index contributed by atoms with van der Waals surface area (Å²) in [7, 11) is 0. The first kappa shape index (κ1) is 41.5. The molecule has 3 aliphatic heterocycles. The monoisotopic (exact) mass is 718 g/mol. The average molecular weight is 719 g/mol. The number of rotatable bonds is 10. The van der Waals surface area contributed by atoms with Gasteiger partial charge in [-0.1, -0.05) is 70.8 Å². The fraction of sp³-hybridized carbons (Fsp3) is 0.800. The van der Waals surface area contributed by atoms with Crippen molar-refractivity contribution < 1.29 is 44.2 Å². The molecule has 2 saturated heterocycles. The van der Waals surface area contributed by atoms with Gasteiger partial charge in [-0.3, -0.25) is 9.69 Å². The lowest BCUT2D eigenvalue weighted by atomic mass is 9.88. The maximum Gasteiger partial charge on any atom is 0.410 e. The molecule has 0 radical (unpaired) electrons. The van der Waals surface area contributed by atoms with Crippen LogP contribution in [0.5, 0.6) is 0 Å². The molecule has 290 valence electrons. The first-order valence-corrected chi connectivity index (χ1v) is 19.5. The fourth-order valence-electron chi connectivity index (χ4n) is 7.88. The lowest BCUT2D eigenvalue weighted by Gasteiger charge is -2.40. The Morgan fingerprint density at radius 1 is 1.14 bits per heavy atom. The zero-order chi connectivity index (χ0) is 37.3. The number of piperazine rings is 1. The van der Waals surface area contributed by atoms with Crippen LogP contribution < -0.4 is 0 Å². The van der Waals surface area contributed by atoms with Crippen molar-refractivity contribution in [3.63, 3.8) is 0 Å². The Hall–Kier alpha value is -2.28. The number of hydrogen-bond acceptors (Lipinski definition) is 10. The highest BCUT2D eigenvalue weighted by molar-refractivity contribution is 5.70. The summed E-state index contributed by atoms with van der Waals surface area (Å²) in [4.78, 5) is 30.6. The summed E-state index contributed by atoms with van der Waals surface area (Å²) >= 11 is 0. The van der Waals surface area contributed by atoms with Crippen molar-refractivity contribution in [1.82, 2.24) is 9.80 Å². The zero-order valence-corrected chi connectivity index (χ0v) is 31.9. The molecule has 0 aromatic carbocycles. The molecule has 11 nitrogen and oxygen atoms in total. The second-order valence-electron chi connectivity index (χ2n) is 16.2. The van der Waals surface area contributed by atoms with Crippen LogP contribution in [0.4, 0.5) is 4.79 Å². The van der Waals surface area contributed by atoms with Gasteiger partial charge >= 0.3 is 12.1 Å². The largest absolute Gasteiger partial charge is 0.457 e. The van der Waals surface area contributed by atoms with E-state index < -0.39 is 47.7 Å². The number of cyclic esters (lactones) is 1. The Labute approximate surface area is 305 Å². The van der Waals surface area contributed by atoms with E-state index in [9.17, 15) is 30.0 Å². The van der Waals surface area contributed by atoms with Crippen molar-refractivity contribution in [2.24, 2.45) is 11.8 Å². The minimum Gasteiger partial charge on any atom is -0.457 e. The SMILES string of the molecule is CC[C@H](O)[C@@H](C)[C@H]1O[C@@H]1C[C@@](C)(O)C=CC=C(C)[C@H]1OC(=O)C[C@H](O)CC[C@@](C)(O)[C@@H](OC(=O)N2CCN(C3CCCCCC3)CC2)C=C[C@@H]1C. The van der Waals surface area contributed by atoms with Gasteiger partial charge in [0.15, 0.2) is 6.10 Å². The third kappa shape index (κ3) is 12.4. The van der Waals surface area contributed by atoms with Gasteiger partial charge in [0, 0.05) is 50.5 Å². The van der Waals surface area contributed by atoms with Crippen LogP contribution in [-0.2, 0) is 19.0 Å². The van der Waals surface area contributed by atoms with Crippen LogP contribution >= 0.6 is 0 Å². The van der Waals surface area contributed by atoms with E-state index in [1.54, 1.807) is 49.1 Å². The molecular formula is C40H66N2O9. The van der Waals surface area contributed by atoms with Gasteiger partial charge in [-0.05, 0) is 64.5 Å². The predicted molar refractivity (Wildman–Crippen MR) is 196 cm³/mol. The van der Waals surface area contributed by atoms with Crippen LogP contribution in [0.3, 0.4) is 0 Å². The third-order valence-corrected chi connectivity index (χ3v) is 11.5. The van der Waals surface area contributed by atoms with Crippen LogP contribution in [0.2, 0.25) is 0 Å². The molecule has 4 aliphatic rings. The topological polar surface area (TPSA) is 153 Å². The maximum atomic E-state index is 13.5. The van der Waals surface area contributed by atoms with Crippen LogP contribution in [0.1, 0.15) is 112 Å². The first-order chi connectivity index (χ1) is 24.1.